The van der Waals surface area contributed by atoms with Crippen LogP contribution in [0.4, 0.5) is 0 Å². The molecule has 0 aliphatic heterocycles. The van der Waals surface area contributed by atoms with Gasteiger partial charge < -0.3 is 5.11 Å². The highest BCUT2D eigenvalue weighted by Crippen LogP contribution is 2.27. The Morgan fingerprint density at radius 2 is 1.21 bits per heavy atom. The Morgan fingerprint density at radius 1 is 0.789 bits per heavy atom. The fourth-order valence-corrected chi connectivity index (χ4v) is 2.61. The SMILES string of the molecule is Cc1cc(C)cc(-c2cc(C)c(C(=O)O)c(C)c2)c1. The molecule has 2 aromatic rings. The van der Waals surface area contributed by atoms with Crippen molar-refractivity contribution in [3.8, 4) is 11.1 Å². The monoisotopic (exact) mass is 254 g/mol. The molecule has 0 aliphatic rings. The van der Waals surface area contributed by atoms with Gasteiger partial charge in [-0.05, 0) is 49.9 Å². The number of rotatable bonds is 2. The Hall–Kier alpha value is -2.09. The quantitative estimate of drug-likeness (QED) is 0.868. The first kappa shape index (κ1) is 13.3. The zero-order valence-corrected chi connectivity index (χ0v) is 11.7. The van der Waals surface area contributed by atoms with E-state index < -0.39 is 5.97 Å². The van der Waals surface area contributed by atoms with Crippen LogP contribution in [0.15, 0.2) is 30.3 Å². The molecule has 0 amide bonds. The Kier molecular flexibility index (Phi) is 3.43. The predicted molar refractivity (Wildman–Crippen MR) is 77.8 cm³/mol. The van der Waals surface area contributed by atoms with E-state index >= 15 is 0 Å². The number of hydrogen-bond acceptors (Lipinski definition) is 1. The molecule has 0 fully saturated rings. The highest BCUT2D eigenvalue weighted by atomic mass is 16.4. The number of carboxylic acid groups (broad SMARTS) is 1. The smallest absolute Gasteiger partial charge is 0.336 e. The molecule has 1 N–H and O–H groups in total. The van der Waals surface area contributed by atoms with Crippen LogP contribution < -0.4 is 0 Å². The Morgan fingerprint density at radius 3 is 1.63 bits per heavy atom. The summed E-state index contributed by atoms with van der Waals surface area (Å²) in [6.07, 6.45) is 0. The van der Waals surface area contributed by atoms with Crippen molar-refractivity contribution in [1.29, 1.82) is 0 Å². The molecule has 0 heterocycles. The van der Waals surface area contributed by atoms with E-state index in [0.717, 1.165) is 22.3 Å². The van der Waals surface area contributed by atoms with E-state index in [1.807, 2.05) is 26.0 Å². The summed E-state index contributed by atoms with van der Waals surface area (Å²) in [7, 11) is 0. The van der Waals surface area contributed by atoms with Crippen molar-refractivity contribution in [3.05, 3.63) is 58.1 Å². The molecule has 0 radical (unpaired) electrons. The number of aryl methyl sites for hydroxylation is 4. The first-order chi connectivity index (χ1) is 8.88. The van der Waals surface area contributed by atoms with E-state index in [1.165, 1.54) is 11.1 Å². The van der Waals surface area contributed by atoms with E-state index in [9.17, 15) is 9.90 Å². The molecule has 0 spiro atoms. The Bertz CT molecular complexity index is 611. The lowest BCUT2D eigenvalue weighted by Gasteiger charge is -2.11. The minimum Gasteiger partial charge on any atom is -0.478 e. The summed E-state index contributed by atoms with van der Waals surface area (Å²) in [5.74, 6) is -0.859. The van der Waals surface area contributed by atoms with Crippen molar-refractivity contribution in [2.75, 3.05) is 0 Å². The van der Waals surface area contributed by atoms with Gasteiger partial charge in [-0.25, -0.2) is 4.79 Å². The van der Waals surface area contributed by atoms with Crippen molar-refractivity contribution in [2.45, 2.75) is 27.7 Å². The van der Waals surface area contributed by atoms with Gasteiger partial charge in [0, 0.05) is 0 Å². The largest absolute Gasteiger partial charge is 0.478 e. The van der Waals surface area contributed by atoms with Crippen LogP contribution in [-0.2, 0) is 0 Å². The van der Waals surface area contributed by atoms with E-state index in [0.29, 0.717) is 5.56 Å². The zero-order valence-electron chi connectivity index (χ0n) is 11.7. The van der Waals surface area contributed by atoms with Crippen molar-refractivity contribution in [2.24, 2.45) is 0 Å². The molecular formula is C17H18O2. The maximum atomic E-state index is 11.2. The van der Waals surface area contributed by atoms with Gasteiger partial charge in [-0.1, -0.05) is 41.5 Å². The van der Waals surface area contributed by atoms with E-state index in [2.05, 4.69) is 32.0 Å². The third-order valence-electron chi connectivity index (χ3n) is 3.30. The predicted octanol–water partition coefficient (Wildman–Crippen LogP) is 4.29. The second-order valence-electron chi connectivity index (χ2n) is 5.17. The maximum absolute atomic E-state index is 11.2. The summed E-state index contributed by atoms with van der Waals surface area (Å²) in [5.41, 5.74) is 6.67. The lowest BCUT2D eigenvalue weighted by Crippen LogP contribution is -2.03. The summed E-state index contributed by atoms with van der Waals surface area (Å²) in [5, 5.41) is 9.20. The maximum Gasteiger partial charge on any atom is 0.336 e. The first-order valence-electron chi connectivity index (χ1n) is 6.31. The molecule has 2 aromatic carbocycles. The fourth-order valence-electron chi connectivity index (χ4n) is 2.61. The number of carboxylic acids is 1. The molecule has 98 valence electrons. The third kappa shape index (κ3) is 2.68. The lowest BCUT2D eigenvalue weighted by atomic mass is 9.94. The van der Waals surface area contributed by atoms with Crippen LogP contribution in [0, 0.1) is 27.7 Å². The van der Waals surface area contributed by atoms with Crippen LogP contribution in [0.2, 0.25) is 0 Å². The summed E-state index contributed by atoms with van der Waals surface area (Å²) < 4.78 is 0. The number of benzene rings is 2. The minimum atomic E-state index is -0.859. The summed E-state index contributed by atoms with van der Waals surface area (Å²) in [6.45, 7) is 7.84. The normalized spacial score (nSPS) is 10.5. The van der Waals surface area contributed by atoms with Crippen LogP contribution in [0.25, 0.3) is 11.1 Å². The average molecular weight is 254 g/mol. The lowest BCUT2D eigenvalue weighted by molar-refractivity contribution is 0.0695. The van der Waals surface area contributed by atoms with Crippen LogP contribution in [0.1, 0.15) is 32.6 Å². The molecule has 0 aromatic heterocycles. The van der Waals surface area contributed by atoms with Crippen molar-refractivity contribution < 1.29 is 9.90 Å². The Labute approximate surface area is 113 Å². The van der Waals surface area contributed by atoms with Crippen molar-refractivity contribution >= 4 is 5.97 Å². The second-order valence-corrected chi connectivity index (χ2v) is 5.17. The molecule has 0 saturated heterocycles. The van der Waals surface area contributed by atoms with Gasteiger partial charge >= 0.3 is 5.97 Å². The topological polar surface area (TPSA) is 37.3 Å². The number of hydrogen-bond donors (Lipinski definition) is 1. The fraction of sp³-hybridized carbons (Fsp3) is 0.235. The van der Waals surface area contributed by atoms with Gasteiger partial charge in [0.05, 0.1) is 5.56 Å². The summed E-state index contributed by atoms with van der Waals surface area (Å²) in [4.78, 5) is 11.2. The van der Waals surface area contributed by atoms with Crippen LogP contribution in [-0.4, -0.2) is 11.1 Å². The number of aromatic carboxylic acids is 1. The van der Waals surface area contributed by atoms with Crippen LogP contribution in [0.5, 0.6) is 0 Å². The Balaban J connectivity index is 2.61. The van der Waals surface area contributed by atoms with Crippen LogP contribution >= 0.6 is 0 Å². The third-order valence-corrected chi connectivity index (χ3v) is 3.30. The molecular weight excluding hydrogens is 236 g/mol. The first-order valence-corrected chi connectivity index (χ1v) is 6.31. The van der Waals surface area contributed by atoms with Gasteiger partial charge in [0.2, 0.25) is 0 Å². The molecule has 2 nitrogen and oxygen atoms in total. The van der Waals surface area contributed by atoms with Gasteiger partial charge in [0.1, 0.15) is 0 Å². The average Bonchev–Trinajstić information content (AvgIpc) is 2.25. The minimum absolute atomic E-state index is 0.410. The highest BCUT2D eigenvalue weighted by molar-refractivity contribution is 5.92. The molecule has 0 saturated carbocycles. The molecule has 0 bridgehead atoms. The molecule has 2 rings (SSSR count). The molecule has 19 heavy (non-hydrogen) atoms. The number of carbonyl (C=O) groups is 1. The molecule has 0 unspecified atom stereocenters. The van der Waals surface area contributed by atoms with Crippen molar-refractivity contribution in [1.82, 2.24) is 0 Å². The molecule has 0 aliphatic carbocycles. The van der Waals surface area contributed by atoms with Gasteiger partial charge in [0.25, 0.3) is 0 Å². The molecule has 2 heteroatoms. The zero-order chi connectivity index (χ0) is 14.2. The van der Waals surface area contributed by atoms with E-state index in [1.54, 1.807) is 0 Å². The molecule has 0 atom stereocenters. The highest BCUT2D eigenvalue weighted by Gasteiger charge is 2.12. The second kappa shape index (κ2) is 4.88. The van der Waals surface area contributed by atoms with Crippen LogP contribution in [0.3, 0.4) is 0 Å². The van der Waals surface area contributed by atoms with Crippen molar-refractivity contribution in [3.63, 3.8) is 0 Å². The van der Waals surface area contributed by atoms with Gasteiger partial charge in [-0.15, -0.1) is 0 Å². The summed E-state index contributed by atoms with van der Waals surface area (Å²) in [6, 6.07) is 10.3. The van der Waals surface area contributed by atoms with E-state index in [-0.39, 0.29) is 0 Å². The van der Waals surface area contributed by atoms with Gasteiger partial charge in [-0.3, -0.25) is 0 Å². The summed E-state index contributed by atoms with van der Waals surface area (Å²) >= 11 is 0. The standard InChI is InChI=1S/C17H18O2/c1-10-5-11(2)7-14(6-10)15-8-12(3)16(17(18)19)13(4)9-15/h5-9H,1-4H3,(H,18,19). The van der Waals surface area contributed by atoms with Gasteiger partial charge in [-0.2, -0.15) is 0 Å². The van der Waals surface area contributed by atoms with E-state index in [4.69, 9.17) is 0 Å². The van der Waals surface area contributed by atoms with Gasteiger partial charge in [0.15, 0.2) is 0 Å².